The van der Waals surface area contributed by atoms with Gasteiger partial charge in [0.05, 0.1) is 6.10 Å². The van der Waals surface area contributed by atoms with Gasteiger partial charge in [-0.05, 0) is 43.0 Å². The van der Waals surface area contributed by atoms with E-state index < -0.39 is 6.10 Å². The van der Waals surface area contributed by atoms with E-state index in [1.54, 1.807) is 18.2 Å². The van der Waals surface area contributed by atoms with E-state index >= 15 is 0 Å². The minimum absolute atomic E-state index is 0.0739. The first-order valence-electron chi connectivity index (χ1n) is 6.72. The van der Waals surface area contributed by atoms with E-state index in [9.17, 15) is 9.90 Å². The maximum absolute atomic E-state index is 11.6. The molecule has 0 aliphatic carbocycles. The second-order valence-electron chi connectivity index (χ2n) is 5.29. The minimum Gasteiger partial charge on any atom is -0.484 e. The molecular formula is C15H22ClNO3. The lowest BCUT2D eigenvalue weighted by Crippen LogP contribution is -2.35. The zero-order chi connectivity index (χ0) is 15.1. The number of ether oxygens (including phenoxy) is 1. The van der Waals surface area contributed by atoms with E-state index in [0.717, 1.165) is 5.56 Å². The average Bonchev–Trinajstić information content (AvgIpc) is 2.37. The molecule has 0 aliphatic heterocycles. The number of benzene rings is 1. The smallest absolute Gasteiger partial charge is 0.258 e. The Balaban J connectivity index is 2.31. The fourth-order valence-electron chi connectivity index (χ4n) is 1.77. The molecule has 20 heavy (non-hydrogen) atoms. The van der Waals surface area contributed by atoms with Crippen molar-refractivity contribution in [1.29, 1.82) is 0 Å². The van der Waals surface area contributed by atoms with E-state index in [2.05, 4.69) is 5.32 Å². The molecule has 0 spiro atoms. The van der Waals surface area contributed by atoms with Crippen LogP contribution in [0.5, 0.6) is 5.75 Å². The number of amides is 1. The Bertz CT molecular complexity index is 449. The summed E-state index contributed by atoms with van der Waals surface area (Å²) in [6.45, 7) is 6.10. The molecule has 1 aromatic carbocycles. The van der Waals surface area contributed by atoms with Crippen LogP contribution in [-0.4, -0.2) is 30.3 Å². The topological polar surface area (TPSA) is 58.6 Å². The van der Waals surface area contributed by atoms with Crippen molar-refractivity contribution in [1.82, 2.24) is 5.32 Å². The molecule has 2 N–H and O–H groups in total. The molecular weight excluding hydrogens is 278 g/mol. The number of aliphatic hydroxyl groups excluding tert-OH is 1. The van der Waals surface area contributed by atoms with Gasteiger partial charge in [0.1, 0.15) is 5.75 Å². The maximum Gasteiger partial charge on any atom is 0.258 e. The number of halogens is 1. The molecule has 0 saturated heterocycles. The second-order valence-corrected chi connectivity index (χ2v) is 5.69. The molecule has 4 nitrogen and oxygen atoms in total. The lowest BCUT2D eigenvalue weighted by molar-refractivity contribution is -0.123. The molecule has 0 radical (unpaired) electrons. The first-order valence-corrected chi connectivity index (χ1v) is 7.10. The third-order valence-electron chi connectivity index (χ3n) is 2.78. The highest BCUT2D eigenvalue weighted by molar-refractivity contribution is 6.31. The largest absolute Gasteiger partial charge is 0.484 e. The molecule has 1 amide bonds. The van der Waals surface area contributed by atoms with Crippen LogP contribution in [0.3, 0.4) is 0 Å². The molecule has 0 aromatic heterocycles. The molecule has 112 valence electrons. The molecule has 1 aromatic rings. The molecule has 0 bridgehead atoms. The monoisotopic (exact) mass is 299 g/mol. The first-order chi connectivity index (χ1) is 9.38. The quantitative estimate of drug-likeness (QED) is 0.813. The fourth-order valence-corrected chi connectivity index (χ4v) is 1.88. The van der Waals surface area contributed by atoms with Gasteiger partial charge in [-0.1, -0.05) is 25.4 Å². The number of hydrogen-bond acceptors (Lipinski definition) is 3. The van der Waals surface area contributed by atoms with Gasteiger partial charge in [0.25, 0.3) is 5.91 Å². The van der Waals surface area contributed by atoms with Gasteiger partial charge in [-0.2, -0.15) is 0 Å². The summed E-state index contributed by atoms with van der Waals surface area (Å²) < 4.78 is 5.36. The van der Waals surface area contributed by atoms with E-state index in [-0.39, 0.29) is 19.1 Å². The van der Waals surface area contributed by atoms with Crippen molar-refractivity contribution in [2.24, 2.45) is 5.92 Å². The number of carbonyl (C=O) groups excluding carboxylic acids is 1. The van der Waals surface area contributed by atoms with Crippen LogP contribution in [-0.2, 0) is 4.79 Å². The summed E-state index contributed by atoms with van der Waals surface area (Å²) in [7, 11) is 0. The summed E-state index contributed by atoms with van der Waals surface area (Å²) in [5, 5.41) is 13.0. The second kappa shape index (κ2) is 8.12. The van der Waals surface area contributed by atoms with Crippen molar-refractivity contribution >= 4 is 17.5 Å². The normalized spacial score (nSPS) is 12.3. The van der Waals surface area contributed by atoms with Gasteiger partial charge in [-0.25, -0.2) is 0 Å². The Kier molecular flexibility index (Phi) is 6.82. The van der Waals surface area contributed by atoms with Crippen LogP contribution < -0.4 is 10.1 Å². The van der Waals surface area contributed by atoms with Crippen molar-refractivity contribution in [3.05, 3.63) is 28.8 Å². The number of carbonyl (C=O) groups is 1. The highest BCUT2D eigenvalue weighted by Crippen LogP contribution is 2.20. The Hall–Kier alpha value is -1.26. The van der Waals surface area contributed by atoms with Crippen LogP contribution in [0, 0.1) is 12.8 Å². The summed E-state index contributed by atoms with van der Waals surface area (Å²) in [5.74, 6) is 0.750. The van der Waals surface area contributed by atoms with E-state index in [1.165, 1.54) is 0 Å². The number of aliphatic hydroxyl groups is 1. The molecule has 0 saturated carbocycles. The van der Waals surface area contributed by atoms with Crippen LogP contribution in [0.25, 0.3) is 0 Å². The van der Waals surface area contributed by atoms with Gasteiger partial charge in [-0.15, -0.1) is 0 Å². The summed E-state index contributed by atoms with van der Waals surface area (Å²) >= 11 is 5.91. The minimum atomic E-state index is -0.517. The van der Waals surface area contributed by atoms with Crippen molar-refractivity contribution in [3.63, 3.8) is 0 Å². The van der Waals surface area contributed by atoms with Gasteiger partial charge < -0.3 is 15.2 Å². The highest BCUT2D eigenvalue weighted by atomic mass is 35.5. The Morgan fingerprint density at radius 3 is 2.75 bits per heavy atom. The lowest BCUT2D eigenvalue weighted by Gasteiger charge is -2.14. The predicted molar refractivity (Wildman–Crippen MR) is 80.2 cm³/mol. The zero-order valence-corrected chi connectivity index (χ0v) is 12.9. The van der Waals surface area contributed by atoms with E-state index in [4.69, 9.17) is 16.3 Å². The SMILES string of the molecule is Cc1cc(OCC(=O)NCC(O)CC(C)C)ccc1Cl. The standard InChI is InChI=1S/C15H22ClNO3/c1-10(2)6-12(18)8-17-15(19)9-20-13-4-5-14(16)11(3)7-13/h4-5,7,10,12,18H,6,8-9H2,1-3H3,(H,17,19). The van der Waals surface area contributed by atoms with Crippen LogP contribution in [0.1, 0.15) is 25.8 Å². The number of aryl methyl sites for hydroxylation is 1. The van der Waals surface area contributed by atoms with E-state index in [1.807, 2.05) is 20.8 Å². The first kappa shape index (κ1) is 16.8. The lowest BCUT2D eigenvalue weighted by atomic mass is 10.1. The van der Waals surface area contributed by atoms with Gasteiger partial charge in [-0.3, -0.25) is 4.79 Å². The number of rotatable bonds is 7. The molecule has 0 heterocycles. The van der Waals surface area contributed by atoms with Crippen LogP contribution in [0.4, 0.5) is 0 Å². The molecule has 5 heteroatoms. The van der Waals surface area contributed by atoms with Crippen molar-refractivity contribution in [3.8, 4) is 5.75 Å². The third-order valence-corrected chi connectivity index (χ3v) is 3.20. The Morgan fingerprint density at radius 1 is 1.45 bits per heavy atom. The van der Waals surface area contributed by atoms with Gasteiger partial charge in [0.2, 0.25) is 0 Å². The summed E-state index contributed by atoms with van der Waals surface area (Å²) in [6.07, 6.45) is 0.147. The van der Waals surface area contributed by atoms with Gasteiger partial charge in [0, 0.05) is 11.6 Å². The Morgan fingerprint density at radius 2 is 2.15 bits per heavy atom. The molecule has 1 atom stereocenters. The maximum atomic E-state index is 11.6. The predicted octanol–water partition coefficient (Wildman–Crippen LogP) is 2.55. The van der Waals surface area contributed by atoms with E-state index in [0.29, 0.717) is 23.1 Å². The van der Waals surface area contributed by atoms with Gasteiger partial charge in [0.15, 0.2) is 6.61 Å². The average molecular weight is 300 g/mol. The third kappa shape index (κ3) is 6.26. The van der Waals surface area contributed by atoms with Crippen molar-refractivity contribution < 1.29 is 14.6 Å². The van der Waals surface area contributed by atoms with Crippen molar-refractivity contribution in [2.75, 3.05) is 13.2 Å². The highest BCUT2D eigenvalue weighted by Gasteiger charge is 2.09. The molecule has 0 fully saturated rings. The van der Waals surface area contributed by atoms with Crippen LogP contribution in [0.2, 0.25) is 5.02 Å². The summed E-state index contributed by atoms with van der Waals surface area (Å²) in [5.41, 5.74) is 0.900. The molecule has 0 aliphatic rings. The summed E-state index contributed by atoms with van der Waals surface area (Å²) in [4.78, 5) is 11.6. The Labute approximate surface area is 125 Å². The summed E-state index contributed by atoms with van der Waals surface area (Å²) in [6, 6.07) is 5.23. The molecule has 1 unspecified atom stereocenters. The fraction of sp³-hybridized carbons (Fsp3) is 0.533. The number of nitrogens with one attached hydrogen (secondary N) is 1. The zero-order valence-electron chi connectivity index (χ0n) is 12.1. The van der Waals surface area contributed by atoms with Gasteiger partial charge >= 0.3 is 0 Å². The van der Waals surface area contributed by atoms with Crippen LogP contribution in [0.15, 0.2) is 18.2 Å². The molecule has 1 rings (SSSR count). The number of hydrogen-bond donors (Lipinski definition) is 2. The van der Waals surface area contributed by atoms with Crippen molar-refractivity contribution in [2.45, 2.75) is 33.3 Å². The van der Waals surface area contributed by atoms with Crippen LogP contribution >= 0.6 is 11.6 Å².